The summed E-state index contributed by atoms with van der Waals surface area (Å²) in [5.41, 5.74) is 5.04. The van der Waals surface area contributed by atoms with Crippen LogP contribution in [0.5, 0.6) is 0 Å². The zero-order chi connectivity index (χ0) is 22.8. The molecule has 1 amide bonds. The fraction of sp³-hybridized carbons (Fsp3) is 0.500. The van der Waals surface area contributed by atoms with Gasteiger partial charge in [0.05, 0.1) is 5.69 Å². The molecule has 2 aromatic rings. The second-order valence-corrected chi connectivity index (χ2v) is 9.01. The van der Waals surface area contributed by atoms with Crippen LogP contribution in [-0.4, -0.2) is 46.0 Å². The minimum atomic E-state index is -2.85. The van der Waals surface area contributed by atoms with Crippen LogP contribution in [0.2, 0.25) is 0 Å². The van der Waals surface area contributed by atoms with Crippen LogP contribution in [-0.2, 0) is 16.9 Å². The minimum Gasteiger partial charge on any atom is -0.384 e. The number of nitrogens with zero attached hydrogens (tertiary/aromatic N) is 2. The Kier molecular flexibility index (Phi) is 9.65. The van der Waals surface area contributed by atoms with E-state index in [9.17, 15) is 18.7 Å². The first-order chi connectivity index (χ1) is 15.3. The Morgan fingerprint density at radius 3 is 2.38 bits per heavy atom. The predicted molar refractivity (Wildman–Crippen MR) is 132 cm³/mol. The number of carbonyl (C=O) groups excluding carboxylic acids is 1. The largest absolute Gasteiger partial charge is 0.384 e. The summed E-state index contributed by atoms with van der Waals surface area (Å²) in [7, 11) is 0. The van der Waals surface area contributed by atoms with Crippen molar-refractivity contribution in [2.24, 2.45) is 5.92 Å². The van der Waals surface area contributed by atoms with E-state index in [1.54, 1.807) is 36.4 Å². The molecule has 2 heterocycles. The second kappa shape index (κ2) is 11.6. The Morgan fingerprint density at radius 2 is 1.79 bits per heavy atom. The molecule has 1 saturated carbocycles. The molecule has 1 aromatic heterocycles. The van der Waals surface area contributed by atoms with Crippen LogP contribution in [0.4, 0.5) is 14.6 Å². The first kappa shape index (κ1) is 28.2. The molecule has 1 aromatic carbocycles. The van der Waals surface area contributed by atoms with Gasteiger partial charge < -0.3 is 16.2 Å². The molecule has 4 rings (SSSR count). The summed E-state index contributed by atoms with van der Waals surface area (Å²) in [6.45, 7) is 2.19. The van der Waals surface area contributed by atoms with Gasteiger partial charge in [0.25, 0.3) is 5.91 Å². The Morgan fingerprint density at radius 1 is 1.12 bits per heavy atom. The molecule has 1 unspecified atom stereocenters. The van der Waals surface area contributed by atoms with E-state index in [0.717, 1.165) is 18.8 Å². The smallest absolute Gasteiger partial charge is 0.257 e. The average molecular weight is 517 g/mol. The molecule has 1 aliphatic carbocycles. The van der Waals surface area contributed by atoms with E-state index in [1.807, 2.05) is 12.1 Å². The third-order valence-electron chi connectivity index (χ3n) is 6.69. The number of aliphatic hydroxyl groups is 1. The maximum atomic E-state index is 13.9. The lowest BCUT2D eigenvalue weighted by atomic mass is 9.79. The Labute approximate surface area is 211 Å². The molecule has 2 atom stereocenters. The molecule has 1 saturated heterocycles. The SMILES string of the molecule is Cl.Cl.Nc1cccc(CN2CCC(NC(=O)C(O)(c3ccccc3)[C@@H]3CCC(F)(F)C3)CC2)n1. The quantitative estimate of drug-likeness (QED) is 0.541. The Balaban J connectivity index is 0.00000204. The molecule has 188 valence electrons. The van der Waals surface area contributed by atoms with Gasteiger partial charge in [-0.25, -0.2) is 13.8 Å². The number of halogens is 4. The number of nitrogens with two attached hydrogens (primary N) is 1. The third-order valence-corrected chi connectivity index (χ3v) is 6.69. The highest BCUT2D eigenvalue weighted by atomic mass is 35.5. The summed E-state index contributed by atoms with van der Waals surface area (Å²) in [5.74, 6) is -3.77. The van der Waals surface area contributed by atoms with Gasteiger partial charge in [-0.15, -0.1) is 24.8 Å². The van der Waals surface area contributed by atoms with Crippen molar-refractivity contribution >= 4 is 36.5 Å². The molecule has 6 nitrogen and oxygen atoms in total. The fourth-order valence-electron chi connectivity index (χ4n) is 4.90. The Hall–Kier alpha value is -2.00. The Bertz CT molecular complexity index is 946. The molecule has 0 bridgehead atoms. The number of likely N-dealkylation sites (tertiary alicyclic amines) is 1. The van der Waals surface area contributed by atoms with Crippen LogP contribution in [0.1, 0.15) is 43.4 Å². The lowest BCUT2D eigenvalue weighted by Crippen LogP contribution is -2.54. The summed E-state index contributed by atoms with van der Waals surface area (Å²) in [6, 6.07) is 13.9. The number of nitrogens with one attached hydrogen (secondary N) is 1. The van der Waals surface area contributed by atoms with Gasteiger partial charge in [-0.1, -0.05) is 36.4 Å². The van der Waals surface area contributed by atoms with Crippen LogP contribution < -0.4 is 11.1 Å². The minimum absolute atomic E-state index is 0. The average Bonchev–Trinajstić information content (AvgIpc) is 3.15. The van der Waals surface area contributed by atoms with Crippen molar-refractivity contribution < 1.29 is 18.7 Å². The standard InChI is InChI=1S/C24H30F2N4O2.2ClH/c25-23(26)12-9-18(15-23)24(32,17-5-2-1-3-6-17)22(31)29-19-10-13-30(14-11-19)16-20-7-4-8-21(27)28-20;;/h1-8,18-19,32H,9-16H2,(H2,27,28)(H,29,31);2*1H/t18-,24?;;/m1../s1. The number of hydrogen-bond acceptors (Lipinski definition) is 5. The van der Waals surface area contributed by atoms with Gasteiger partial charge >= 0.3 is 0 Å². The van der Waals surface area contributed by atoms with E-state index in [1.165, 1.54) is 0 Å². The monoisotopic (exact) mass is 516 g/mol. The number of rotatable bonds is 6. The summed E-state index contributed by atoms with van der Waals surface area (Å²) in [6.07, 6.45) is 0.727. The number of alkyl halides is 2. The number of piperidine rings is 1. The summed E-state index contributed by atoms with van der Waals surface area (Å²) in [4.78, 5) is 19.9. The van der Waals surface area contributed by atoms with Crippen molar-refractivity contribution in [1.82, 2.24) is 15.2 Å². The highest BCUT2D eigenvalue weighted by Crippen LogP contribution is 2.47. The van der Waals surface area contributed by atoms with Crippen LogP contribution >= 0.6 is 24.8 Å². The van der Waals surface area contributed by atoms with E-state index >= 15 is 0 Å². The number of carbonyl (C=O) groups is 1. The number of amides is 1. The predicted octanol–water partition coefficient (Wildman–Crippen LogP) is 3.91. The molecular formula is C24H32Cl2F2N4O2. The van der Waals surface area contributed by atoms with E-state index in [4.69, 9.17) is 5.73 Å². The molecule has 1 aliphatic heterocycles. The number of pyridine rings is 1. The van der Waals surface area contributed by atoms with Crippen molar-refractivity contribution in [3.05, 3.63) is 59.8 Å². The van der Waals surface area contributed by atoms with E-state index < -0.39 is 29.8 Å². The van der Waals surface area contributed by atoms with Gasteiger partial charge in [0, 0.05) is 44.4 Å². The number of anilines is 1. The molecule has 0 spiro atoms. The maximum Gasteiger partial charge on any atom is 0.257 e. The fourth-order valence-corrected chi connectivity index (χ4v) is 4.90. The third kappa shape index (κ3) is 6.36. The maximum absolute atomic E-state index is 13.9. The van der Waals surface area contributed by atoms with Crippen LogP contribution in [0.15, 0.2) is 48.5 Å². The molecule has 10 heteroatoms. The van der Waals surface area contributed by atoms with Gasteiger partial charge in [0.15, 0.2) is 5.60 Å². The van der Waals surface area contributed by atoms with Crippen molar-refractivity contribution in [2.45, 2.75) is 56.2 Å². The van der Waals surface area contributed by atoms with E-state index in [2.05, 4.69) is 15.2 Å². The van der Waals surface area contributed by atoms with Crippen molar-refractivity contribution in [1.29, 1.82) is 0 Å². The molecule has 0 radical (unpaired) electrons. The van der Waals surface area contributed by atoms with Crippen LogP contribution in [0, 0.1) is 5.92 Å². The summed E-state index contributed by atoms with van der Waals surface area (Å²) < 4.78 is 27.9. The topological polar surface area (TPSA) is 91.5 Å². The normalized spacial score (nSPS) is 22.1. The number of benzene rings is 1. The van der Waals surface area contributed by atoms with Crippen molar-refractivity contribution in [3.63, 3.8) is 0 Å². The van der Waals surface area contributed by atoms with Gasteiger partial charge in [-0.05, 0) is 37.0 Å². The molecular weight excluding hydrogens is 485 g/mol. The summed E-state index contributed by atoms with van der Waals surface area (Å²) in [5, 5.41) is 14.5. The van der Waals surface area contributed by atoms with Crippen LogP contribution in [0.25, 0.3) is 0 Å². The van der Waals surface area contributed by atoms with Gasteiger partial charge in [-0.2, -0.15) is 0 Å². The lowest BCUT2D eigenvalue weighted by Gasteiger charge is -2.37. The zero-order valence-electron chi connectivity index (χ0n) is 18.8. The van der Waals surface area contributed by atoms with Gasteiger partial charge in [0.2, 0.25) is 5.92 Å². The number of nitrogen functional groups attached to an aromatic ring is 1. The van der Waals surface area contributed by atoms with Gasteiger partial charge in [0.1, 0.15) is 5.82 Å². The molecule has 34 heavy (non-hydrogen) atoms. The molecule has 2 fully saturated rings. The van der Waals surface area contributed by atoms with Gasteiger partial charge in [-0.3, -0.25) is 9.69 Å². The second-order valence-electron chi connectivity index (χ2n) is 9.01. The van der Waals surface area contributed by atoms with E-state index in [0.29, 0.717) is 30.8 Å². The van der Waals surface area contributed by atoms with Crippen molar-refractivity contribution in [3.8, 4) is 0 Å². The molecule has 2 aliphatic rings. The van der Waals surface area contributed by atoms with Crippen molar-refractivity contribution in [2.75, 3.05) is 18.8 Å². The van der Waals surface area contributed by atoms with E-state index in [-0.39, 0.29) is 43.7 Å². The highest BCUT2D eigenvalue weighted by Gasteiger charge is 2.53. The molecule has 4 N–H and O–H groups in total. The summed E-state index contributed by atoms with van der Waals surface area (Å²) >= 11 is 0. The number of hydrogen-bond donors (Lipinski definition) is 3. The zero-order valence-corrected chi connectivity index (χ0v) is 20.5. The highest BCUT2D eigenvalue weighted by molar-refractivity contribution is 5.87. The lowest BCUT2D eigenvalue weighted by molar-refractivity contribution is -0.149. The first-order valence-corrected chi connectivity index (χ1v) is 11.2. The van der Waals surface area contributed by atoms with Crippen LogP contribution in [0.3, 0.4) is 0 Å². The number of aromatic nitrogens is 1. The first-order valence-electron chi connectivity index (χ1n) is 11.2.